The van der Waals surface area contributed by atoms with Gasteiger partial charge in [0.25, 0.3) is 0 Å². The van der Waals surface area contributed by atoms with Gasteiger partial charge < -0.3 is 15.4 Å². The van der Waals surface area contributed by atoms with E-state index < -0.39 is 0 Å². The Morgan fingerprint density at radius 2 is 2.04 bits per heavy atom. The molecule has 3 aromatic rings. The van der Waals surface area contributed by atoms with Crippen LogP contribution < -0.4 is 15.4 Å². The van der Waals surface area contributed by atoms with Crippen molar-refractivity contribution in [1.29, 1.82) is 0 Å². The fraction of sp³-hybridized carbons (Fsp3) is 0.176. The minimum absolute atomic E-state index is 0.0752. The van der Waals surface area contributed by atoms with Gasteiger partial charge in [-0.3, -0.25) is 4.79 Å². The van der Waals surface area contributed by atoms with E-state index in [0.29, 0.717) is 17.4 Å². The second-order valence-corrected chi connectivity index (χ2v) is 6.02. The molecule has 5 nitrogen and oxygen atoms in total. The van der Waals surface area contributed by atoms with E-state index in [4.69, 9.17) is 4.74 Å². The van der Waals surface area contributed by atoms with Crippen LogP contribution in [0.2, 0.25) is 0 Å². The van der Waals surface area contributed by atoms with Gasteiger partial charge in [0.15, 0.2) is 5.13 Å². The van der Waals surface area contributed by atoms with Crippen LogP contribution in [0.1, 0.15) is 6.92 Å². The summed E-state index contributed by atoms with van der Waals surface area (Å²) in [6, 6.07) is 11.5. The van der Waals surface area contributed by atoms with Crippen molar-refractivity contribution in [2.45, 2.75) is 6.92 Å². The molecule has 1 aromatic heterocycles. The molecule has 0 aliphatic heterocycles. The number of benzene rings is 2. The van der Waals surface area contributed by atoms with E-state index in [1.165, 1.54) is 23.5 Å². The van der Waals surface area contributed by atoms with E-state index in [2.05, 4.69) is 15.6 Å². The number of nitrogens with one attached hydrogen (secondary N) is 2. The van der Waals surface area contributed by atoms with E-state index in [0.717, 1.165) is 16.0 Å². The number of thiazole rings is 1. The maximum Gasteiger partial charge on any atom is 0.245 e. The van der Waals surface area contributed by atoms with Crippen LogP contribution in [-0.4, -0.2) is 24.0 Å². The molecule has 0 bridgehead atoms. The summed E-state index contributed by atoms with van der Waals surface area (Å²) in [5.74, 6) is 0.249. The van der Waals surface area contributed by atoms with Crippen molar-refractivity contribution in [2.24, 2.45) is 0 Å². The maximum absolute atomic E-state index is 12.8. The first kappa shape index (κ1) is 16.2. The maximum atomic E-state index is 12.8. The zero-order valence-electron chi connectivity index (χ0n) is 13.0. The van der Waals surface area contributed by atoms with Crippen LogP contribution in [0.5, 0.6) is 5.75 Å². The molecule has 0 atom stereocenters. The summed E-state index contributed by atoms with van der Waals surface area (Å²) in [4.78, 5) is 16.4. The Kier molecular flexibility index (Phi) is 4.90. The quantitative estimate of drug-likeness (QED) is 0.711. The van der Waals surface area contributed by atoms with E-state index in [9.17, 15) is 9.18 Å². The fourth-order valence-electron chi connectivity index (χ4n) is 2.13. The van der Waals surface area contributed by atoms with Crippen LogP contribution >= 0.6 is 11.3 Å². The number of hydrogen-bond donors (Lipinski definition) is 2. The van der Waals surface area contributed by atoms with Crippen molar-refractivity contribution in [1.82, 2.24) is 4.98 Å². The van der Waals surface area contributed by atoms with Crippen molar-refractivity contribution >= 4 is 38.3 Å². The van der Waals surface area contributed by atoms with E-state index in [1.54, 1.807) is 12.1 Å². The highest BCUT2D eigenvalue weighted by molar-refractivity contribution is 7.22. The van der Waals surface area contributed by atoms with Gasteiger partial charge in [-0.25, -0.2) is 9.37 Å². The van der Waals surface area contributed by atoms with Crippen LogP contribution in [0.15, 0.2) is 42.5 Å². The van der Waals surface area contributed by atoms with Crippen molar-refractivity contribution in [3.8, 4) is 5.75 Å². The molecule has 1 heterocycles. The van der Waals surface area contributed by atoms with Crippen LogP contribution in [0, 0.1) is 5.82 Å². The zero-order chi connectivity index (χ0) is 16.9. The summed E-state index contributed by atoms with van der Waals surface area (Å²) in [6.07, 6.45) is 0. The molecule has 24 heavy (non-hydrogen) atoms. The number of hydrogen-bond acceptors (Lipinski definition) is 5. The number of ether oxygens (including phenoxy) is 1. The number of carbonyl (C=O) groups excluding carboxylic acids is 1. The number of carbonyl (C=O) groups is 1. The smallest absolute Gasteiger partial charge is 0.245 e. The van der Waals surface area contributed by atoms with E-state index >= 15 is 0 Å². The number of rotatable bonds is 6. The number of aromatic nitrogens is 1. The third-order valence-corrected chi connectivity index (χ3v) is 4.15. The van der Waals surface area contributed by atoms with Crippen LogP contribution in [-0.2, 0) is 4.79 Å². The van der Waals surface area contributed by atoms with Gasteiger partial charge in [-0.2, -0.15) is 0 Å². The second-order valence-electron chi connectivity index (χ2n) is 4.99. The molecule has 124 valence electrons. The lowest BCUT2D eigenvalue weighted by molar-refractivity contribution is -0.114. The van der Waals surface area contributed by atoms with Crippen LogP contribution in [0.3, 0.4) is 0 Å². The molecule has 2 aromatic carbocycles. The molecule has 0 saturated carbocycles. The van der Waals surface area contributed by atoms with Crippen LogP contribution in [0.4, 0.5) is 15.2 Å². The van der Waals surface area contributed by atoms with E-state index in [-0.39, 0.29) is 18.3 Å². The first-order valence-electron chi connectivity index (χ1n) is 7.46. The number of nitrogens with zero attached hydrogens (tertiary/aromatic N) is 1. The first-order valence-corrected chi connectivity index (χ1v) is 8.28. The predicted molar refractivity (Wildman–Crippen MR) is 94.3 cm³/mol. The molecule has 0 unspecified atom stereocenters. The molecule has 3 rings (SSSR count). The molecule has 7 heteroatoms. The molecule has 0 aliphatic rings. The molecular weight excluding hydrogens is 329 g/mol. The first-order chi connectivity index (χ1) is 11.6. The van der Waals surface area contributed by atoms with Gasteiger partial charge in [0, 0.05) is 5.69 Å². The third kappa shape index (κ3) is 3.99. The molecule has 0 spiro atoms. The lowest BCUT2D eigenvalue weighted by atomic mass is 10.3. The molecule has 0 radical (unpaired) electrons. The minimum atomic E-state index is -0.314. The Bertz CT molecular complexity index is 849. The number of amides is 1. The lowest BCUT2D eigenvalue weighted by Gasteiger charge is -2.05. The average Bonchev–Trinajstić information content (AvgIpc) is 2.96. The van der Waals surface area contributed by atoms with Gasteiger partial charge in [-0.1, -0.05) is 11.3 Å². The minimum Gasteiger partial charge on any atom is -0.494 e. The number of halogens is 1. The van der Waals surface area contributed by atoms with Gasteiger partial charge in [0.05, 0.1) is 23.4 Å². The van der Waals surface area contributed by atoms with Gasteiger partial charge in [-0.05, 0) is 49.4 Å². The van der Waals surface area contributed by atoms with Crippen molar-refractivity contribution < 1.29 is 13.9 Å². The Morgan fingerprint density at radius 3 is 2.79 bits per heavy atom. The molecule has 1 amide bonds. The highest BCUT2D eigenvalue weighted by Crippen LogP contribution is 2.29. The van der Waals surface area contributed by atoms with Crippen molar-refractivity contribution in [3.63, 3.8) is 0 Å². The van der Waals surface area contributed by atoms with Gasteiger partial charge >= 0.3 is 0 Å². The molecule has 0 aliphatic carbocycles. The topological polar surface area (TPSA) is 63.2 Å². The lowest BCUT2D eigenvalue weighted by Crippen LogP contribution is -2.21. The highest BCUT2D eigenvalue weighted by Gasteiger charge is 2.09. The van der Waals surface area contributed by atoms with Gasteiger partial charge in [0.1, 0.15) is 11.6 Å². The van der Waals surface area contributed by atoms with Crippen molar-refractivity contribution in [2.75, 3.05) is 23.8 Å². The number of anilines is 2. The Balaban J connectivity index is 1.61. The Morgan fingerprint density at radius 1 is 1.25 bits per heavy atom. The average molecular weight is 345 g/mol. The molecule has 2 N–H and O–H groups in total. The Hall–Kier alpha value is -2.67. The van der Waals surface area contributed by atoms with Gasteiger partial charge in [0.2, 0.25) is 5.91 Å². The predicted octanol–water partition coefficient (Wildman–Crippen LogP) is 3.88. The SMILES string of the molecule is CCOc1ccc2nc(NC(=O)CNc3ccc(F)cc3)sc2c1. The largest absolute Gasteiger partial charge is 0.494 e. The zero-order valence-corrected chi connectivity index (χ0v) is 13.8. The summed E-state index contributed by atoms with van der Waals surface area (Å²) in [5.41, 5.74) is 1.49. The van der Waals surface area contributed by atoms with Gasteiger partial charge in [-0.15, -0.1) is 0 Å². The van der Waals surface area contributed by atoms with Crippen molar-refractivity contribution in [3.05, 3.63) is 48.3 Å². The summed E-state index contributed by atoms with van der Waals surface area (Å²) in [6.45, 7) is 2.60. The van der Waals surface area contributed by atoms with Crippen LogP contribution in [0.25, 0.3) is 10.2 Å². The standard InChI is InChI=1S/C17H16FN3O2S/c1-2-23-13-7-8-14-15(9-13)24-17(20-14)21-16(22)10-19-12-5-3-11(18)4-6-12/h3-9,19H,2,10H2,1H3,(H,20,21,22). The summed E-state index contributed by atoms with van der Waals surface area (Å²) in [7, 11) is 0. The number of fused-ring (bicyclic) bond motifs is 1. The summed E-state index contributed by atoms with van der Waals surface area (Å²) < 4.78 is 19.2. The molecule has 0 saturated heterocycles. The monoisotopic (exact) mass is 345 g/mol. The molecule has 0 fully saturated rings. The normalized spacial score (nSPS) is 10.6. The second kappa shape index (κ2) is 7.27. The fourth-order valence-corrected chi connectivity index (χ4v) is 3.04. The summed E-state index contributed by atoms with van der Waals surface area (Å²) in [5, 5.41) is 6.22. The summed E-state index contributed by atoms with van der Waals surface area (Å²) >= 11 is 1.39. The third-order valence-electron chi connectivity index (χ3n) is 3.21. The molecular formula is C17H16FN3O2S. The Labute approximate surface area is 142 Å². The van der Waals surface area contributed by atoms with E-state index in [1.807, 2.05) is 25.1 Å². The highest BCUT2D eigenvalue weighted by atomic mass is 32.1.